The van der Waals surface area contributed by atoms with E-state index in [0.717, 1.165) is 25.2 Å². The summed E-state index contributed by atoms with van der Waals surface area (Å²) >= 11 is 0. The zero-order chi connectivity index (χ0) is 40.2. The molecular weight excluding hydrogens is 709 g/mol. The Morgan fingerprint density at radius 1 is 0.877 bits per heavy atom. The summed E-state index contributed by atoms with van der Waals surface area (Å²) < 4.78 is 14.0. The molecule has 3 aliphatic rings. The number of hydrogen-bond acceptors (Lipinski definition) is 6. The molecule has 0 spiro atoms. The van der Waals surface area contributed by atoms with Gasteiger partial charge in [-0.3, -0.25) is 9.59 Å². The van der Waals surface area contributed by atoms with Gasteiger partial charge in [0.15, 0.2) is 18.8 Å². The number of carbonyl (C=O) groups is 1. The molecule has 0 atom stereocenters. The number of allylic oxidation sites excluding steroid dienone is 4. The largest absolute Gasteiger partial charge is 0.494 e. The summed E-state index contributed by atoms with van der Waals surface area (Å²) in [6.07, 6.45) is 5.72. The first kappa shape index (κ1) is 38.4. The van der Waals surface area contributed by atoms with Crippen LogP contribution in [0.15, 0.2) is 106 Å². The summed E-state index contributed by atoms with van der Waals surface area (Å²) in [7, 11) is 3.31. The molecule has 1 saturated heterocycles. The molecule has 57 heavy (non-hydrogen) atoms. The Bertz CT molecular complexity index is 2610. The molecule has 2 N–H and O–H groups in total. The van der Waals surface area contributed by atoms with Crippen LogP contribution in [-0.4, -0.2) is 64.2 Å². The standard InChI is InChI=1S/C49H55N4O4/c1-9-50-38-21-19-32-16-12-14-18-34(32)41(38)48(3,4)24-23-35-44(54)42(46(35)56-7)51-25-27-52(28-26-51)43-45(55)36(47(43)57-8)29-40-49(5,6)30-37-33-17-13-11-15-31(33)20-22-39(37)53(40)10-2/h11-23,29,50H,9-10,24-28,30H2,1-8H3/q+1/p+1/b35-23+. The van der Waals surface area contributed by atoms with E-state index in [4.69, 9.17) is 9.47 Å². The van der Waals surface area contributed by atoms with E-state index in [0.29, 0.717) is 66.3 Å². The van der Waals surface area contributed by atoms with Crippen LogP contribution in [-0.2, 0) is 21.4 Å². The smallest absolute Gasteiger partial charge is 0.291 e. The minimum absolute atomic E-state index is 0.0131. The maximum absolute atomic E-state index is 14.0. The monoisotopic (exact) mass is 764 g/mol. The summed E-state index contributed by atoms with van der Waals surface area (Å²) in [6, 6.07) is 26.0. The Morgan fingerprint density at radius 2 is 1.54 bits per heavy atom. The van der Waals surface area contributed by atoms with Crippen LogP contribution in [0.5, 0.6) is 5.75 Å². The van der Waals surface area contributed by atoms with Gasteiger partial charge in [0, 0.05) is 28.9 Å². The normalized spacial score (nSPS) is 18.6. The number of rotatable bonds is 10. The van der Waals surface area contributed by atoms with Gasteiger partial charge < -0.3 is 24.6 Å². The van der Waals surface area contributed by atoms with Crippen LogP contribution >= 0.6 is 0 Å². The van der Waals surface area contributed by atoms with E-state index in [9.17, 15) is 9.59 Å². The molecule has 2 aliphatic heterocycles. The molecule has 8 heteroatoms. The molecule has 0 saturated carbocycles. The highest BCUT2D eigenvalue weighted by Crippen LogP contribution is 2.47. The number of piperazine rings is 1. The van der Waals surface area contributed by atoms with E-state index in [1.807, 2.05) is 0 Å². The number of nitrogens with two attached hydrogens (primary N) is 1. The predicted molar refractivity (Wildman–Crippen MR) is 231 cm³/mol. The summed E-state index contributed by atoms with van der Waals surface area (Å²) in [4.78, 5) is 32.3. The van der Waals surface area contributed by atoms with Gasteiger partial charge in [-0.25, -0.2) is 4.58 Å². The summed E-state index contributed by atoms with van der Waals surface area (Å²) in [5.74, 6) is 1.33. The van der Waals surface area contributed by atoms with E-state index in [2.05, 4.69) is 146 Å². The van der Waals surface area contributed by atoms with Crippen molar-refractivity contribution in [2.75, 3.05) is 58.4 Å². The maximum atomic E-state index is 14.0. The molecule has 1 fully saturated rings. The predicted octanol–water partition coefficient (Wildman–Crippen LogP) is 6.72. The number of fused-ring (bicyclic) bond motifs is 4. The minimum Gasteiger partial charge on any atom is -0.494 e. The van der Waals surface area contributed by atoms with Gasteiger partial charge in [0.1, 0.15) is 11.4 Å². The molecule has 2 heterocycles. The van der Waals surface area contributed by atoms with Crippen molar-refractivity contribution in [1.82, 2.24) is 9.48 Å². The number of carbonyl (C=O) groups excluding carboxylic acids is 1. The van der Waals surface area contributed by atoms with Crippen molar-refractivity contribution in [1.29, 1.82) is 0 Å². The van der Waals surface area contributed by atoms with Gasteiger partial charge in [0.05, 0.1) is 45.0 Å². The van der Waals surface area contributed by atoms with E-state index in [-0.39, 0.29) is 22.0 Å². The third kappa shape index (κ3) is 6.38. The molecule has 294 valence electrons. The summed E-state index contributed by atoms with van der Waals surface area (Å²) in [6.45, 7) is 17.5. The SMILES string of the molecule is CC[NH2+]c1ccc2ccccc2c1C(C)(C)C/C=C1\C(=O)C(N2CC[N+](=c3c(OC)c(/C=C4/N(CC)c5ccc6ccccc6c5CC4(C)C)c3=O)CC2)=C1OC. The maximum Gasteiger partial charge on any atom is 0.291 e. The van der Waals surface area contributed by atoms with Gasteiger partial charge in [-0.05, 0) is 83.5 Å². The fraction of sp³-hybridized carbons (Fsp3) is 0.367. The average molecular weight is 765 g/mol. The Balaban J connectivity index is 1.04. The van der Waals surface area contributed by atoms with Crippen molar-refractivity contribution < 1.29 is 19.6 Å². The Hall–Kier alpha value is -5.47. The van der Waals surface area contributed by atoms with Crippen molar-refractivity contribution in [3.63, 3.8) is 0 Å². The molecule has 0 aromatic heterocycles. The number of nitrogens with zero attached hydrogens (tertiary/aromatic N) is 3. The zero-order valence-corrected chi connectivity index (χ0v) is 34.8. The van der Waals surface area contributed by atoms with Crippen molar-refractivity contribution >= 4 is 44.8 Å². The van der Waals surface area contributed by atoms with Crippen molar-refractivity contribution in [2.24, 2.45) is 5.41 Å². The van der Waals surface area contributed by atoms with Crippen LogP contribution in [0.25, 0.3) is 27.6 Å². The molecule has 0 radical (unpaired) electrons. The Kier molecular flexibility index (Phi) is 9.97. The minimum atomic E-state index is -0.218. The van der Waals surface area contributed by atoms with Gasteiger partial charge in [-0.1, -0.05) is 88.4 Å². The van der Waals surface area contributed by atoms with Crippen molar-refractivity contribution in [3.05, 3.63) is 134 Å². The lowest BCUT2D eigenvalue weighted by atomic mass is 9.75. The van der Waals surface area contributed by atoms with E-state index < -0.39 is 0 Å². The summed E-state index contributed by atoms with van der Waals surface area (Å²) in [5.41, 5.74) is 7.75. The van der Waals surface area contributed by atoms with E-state index in [1.54, 1.807) is 14.2 Å². The second kappa shape index (κ2) is 14.8. The lowest BCUT2D eigenvalue weighted by Gasteiger charge is -2.43. The highest BCUT2D eigenvalue weighted by atomic mass is 16.5. The van der Waals surface area contributed by atoms with Gasteiger partial charge in [-0.15, -0.1) is 0 Å². The third-order valence-electron chi connectivity index (χ3n) is 12.5. The number of benzene rings is 4. The number of ether oxygens (including phenoxy) is 2. The zero-order valence-electron chi connectivity index (χ0n) is 34.8. The third-order valence-corrected chi connectivity index (χ3v) is 12.5. The van der Waals surface area contributed by atoms with Crippen LogP contribution in [0.1, 0.15) is 64.7 Å². The lowest BCUT2D eigenvalue weighted by molar-refractivity contribution is -0.568. The molecule has 1 aliphatic carbocycles. The topological polar surface area (TPSA) is 78.7 Å². The molecule has 5 aromatic carbocycles. The van der Waals surface area contributed by atoms with Gasteiger partial charge in [0.25, 0.3) is 10.8 Å². The highest BCUT2D eigenvalue weighted by Gasteiger charge is 2.42. The fourth-order valence-corrected chi connectivity index (χ4v) is 9.69. The molecular formula is C49H56N4O4+2. The van der Waals surface area contributed by atoms with Crippen LogP contribution in [0.3, 0.4) is 0 Å². The number of anilines is 1. The first-order valence-corrected chi connectivity index (χ1v) is 20.5. The molecule has 0 amide bonds. The molecule has 5 aromatic rings. The second-order valence-electron chi connectivity index (χ2n) is 17.0. The average Bonchev–Trinajstić information content (AvgIpc) is 3.20. The van der Waals surface area contributed by atoms with E-state index >= 15 is 0 Å². The lowest BCUT2D eigenvalue weighted by Crippen LogP contribution is -2.77. The summed E-state index contributed by atoms with van der Waals surface area (Å²) in [5, 5.41) is 7.93. The molecule has 8 nitrogen and oxygen atoms in total. The first-order valence-electron chi connectivity index (χ1n) is 20.5. The van der Waals surface area contributed by atoms with Crippen molar-refractivity contribution in [3.8, 4) is 5.75 Å². The van der Waals surface area contributed by atoms with Crippen LogP contribution in [0, 0.1) is 5.41 Å². The van der Waals surface area contributed by atoms with Crippen LogP contribution in [0.4, 0.5) is 11.4 Å². The second-order valence-corrected chi connectivity index (χ2v) is 17.0. The van der Waals surface area contributed by atoms with Gasteiger partial charge >= 0.3 is 0 Å². The van der Waals surface area contributed by atoms with Gasteiger partial charge in [-0.2, -0.15) is 0 Å². The van der Waals surface area contributed by atoms with E-state index in [1.165, 1.54) is 44.0 Å². The number of hydrogen-bond donors (Lipinski definition) is 1. The Labute approximate surface area is 336 Å². The van der Waals surface area contributed by atoms with Crippen LogP contribution in [0.2, 0.25) is 0 Å². The van der Waals surface area contributed by atoms with Crippen molar-refractivity contribution in [2.45, 2.75) is 59.8 Å². The van der Waals surface area contributed by atoms with Crippen LogP contribution < -0.4 is 30.3 Å². The fourth-order valence-electron chi connectivity index (χ4n) is 9.69. The Morgan fingerprint density at radius 3 is 2.21 bits per heavy atom. The quantitative estimate of drug-likeness (QED) is 0.0967. The molecule has 0 unspecified atom stereocenters. The molecule has 8 rings (SSSR count). The van der Waals surface area contributed by atoms with Gasteiger partial charge in [0.2, 0.25) is 11.5 Å². The highest BCUT2D eigenvalue weighted by molar-refractivity contribution is 6.18. The number of ketones is 1. The number of methoxy groups -OCH3 is 2. The number of quaternary nitrogens is 1. The number of Topliss-reactive ketones (excluding diaryl/α,β-unsaturated/α-hetero) is 1. The first-order chi connectivity index (χ1) is 27.4. The molecule has 0 bridgehead atoms.